The molecule has 6 rings (SSSR count). The number of aromatic nitrogens is 3. The van der Waals surface area contributed by atoms with E-state index in [1.807, 2.05) is 49.4 Å². The van der Waals surface area contributed by atoms with E-state index in [1.54, 1.807) is 4.90 Å². The monoisotopic (exact) mass is 634 g/mol. The highest BCUT2D eigenvalue weighted by Crippen LogP contribution is 2.46. The molecule has 0 unspecified atom stereocenters. The molecule has 2 heterocycles. The number of hydrogen-bond donors (Lipinski definition) is 1. The van der Waals surface area contributed by atoms with Crippen molar-refractivity contribution in [3.63, 3.8) is 0 Å². The second-order valence-corrected chi connectivity index (χ2v) is 12.2. The Morgan fingerprint density at radius 1 is 1.07 bits per heavy atom. The van der Waals surface area contributed by atoms with E-state index in [0.29, 0.717) is 16.7 Å². The number of amidine groups is 1. The first-order valence-corrected chi connectivity index (χ1v) is 15.3. The molecule has 3 amide bonds. The van der Waals surface area contributed by atoms with E-state index in [0.717, 1.165) is 40.8 Å². The Bertz CT molecular complexity index is 1780. The number of thioether (sulfide) groups is 1. The molecule has 1 aromatic heterocycles. The van der Waals surface area contributed by atoms with Crippen LogP contribution in [0.2, 0.25) is 0 Å². The number of urea groups is 1. The van der Waals surface area contributed by atoms with E-state index >= 15 is 0 Å². The zero-order chi connectivity index (χ0) is 31.9. The summed E-state index contributed by atoms with van der Waals surface area (Å²) in [7, 11) is 0. The van der Waals surface area contributed by atoms with Gasteiger partial charge in [0.2, 0.25) is 5.91 Å². The zero-order valence-electron chi connectivity index (χ0n) is 24.6. The fourth-order valence-corrected chi connectivity index (χ4v) is 6.06. The molecular formula is C32H29F3N6O3S. The van der Waals surface area contributed by atoms with Crippen molar-refractivity contribution < 1.29 is 27.5 Å². The number of nitrogens with one attached hydrogen (secondary N) is 1. The minimum absolute atomic E-state index is 0.112. The van der Waals surface area contributed by atoms with E-state index < -0.39 is 17.9 Å². The maximum atomic E-state index is 13.2. The van der Waals surface area contributed by atoms with Gasteiger partial charge < -0.3 is 10.1 Å². The molecular weight excluding hydrogens is 605 g/mol. The lowest BCUT2D eigenvalue weighted by atomic mass is 9.99. The van der Waals surface area contributed by atoms with E-state index in [-0.39, 0.29) is 23.3 Å². The fourth-order valence-electron chi connectivity index (χ4n) is 5.21. The molecule has 2 aliphatic rings. The molecule has 9 nitrogen and oxygen atoms in total. The molecule has 45 heavy (non-hydrogen) atoms. The van der Waals surface area contributed by atoms with Crippen molar-refractivity contribution in [1.29, 1.82) is 0 Å². The number of aryl methyl sites for hydroxylation is 1. The first kappa shape index (κ1) is 30.4. The minimum atomic E-state index is -4.76. The van der Waals surface area contributed by atoms with Crippen molar-refractivity contribution in [2.75, 3.05) is 10.7 Å². The van der Waals surface area contributed by atoms with Crippen LogP contribution in [0.4, 0.5) is 23.7 Å². The standard InChI is InChI=1S/C32H29F3N6O3S/c1-19(2)25-13-4-20(3)16-26(25)41-27(42)17-45-30(41)37-29(43)38-31(14-15-31)22-7-5-21(6-8-22)28-36-18-40(39-28)23-9-11-24(12-10-23)44-32(33,34)35/h4-13,16,18-19H,14-15,17H2,1-3H3,(H,38,43)/b37-30-. The summed E-state index contributed by atoms with van der Waals surface area (Å²) >= 11 is 1.25. The number of anilines is 1. The summed E-state index contributed by atoms with van der Waals surface area (Å²) in [5.41, 5.74) is 4.38. The average molecular weight is 635 g/mol. The molecule has 3 aromatic carbocycles. The molecule has 0 spiro atoms. The Balaban J connectivity index is 1.15. The van der Waals surface area contributed by atoms with E-state index in [4.69, 9.17) is 0 Å². The zero-order valence-corrected chi connectivity index (χ0v) is 25.4. The molecule has 232 valence electrons. The summed E-state index contributed by atoms with van der Waals surface area (Å²) in [6.07, 6.45) is -1.80. The predicted octanol–water partition coefficient (Wildman–Crippen LogP) is 7.10. The summed E-state index contributed by atoms with van der Waals surface area (Å²) in [4.78, 5) is 36.3. The third-order valence-electron chi connectivity index (χ3n) is 7.63. The van der Waals surface area contributed by atoms with Crippen molar-refractivity contribution in [2.45, 2.75) is 51.4 Å². The number of rotatable bonds is 7. The van der Waals surface area contributed by atoms with E-state index in [9.17, 15) is 22.8 Å². The number of carbonyl (C=O) groups excluding carboxylic acids is 2. The number of amides is 3. The SMILES string of the molecule is Cc1ccc(C(C)C)c(N2C(=O)CS/C2=N\C(=O)NC2(c3ccc(-c4ncn(-c5ccc(OC(F)(F)F)cc5)n4)cc3)CC2)c1. The van der Waals surface area contributed by atoms with Crippen molar-refractivity contribution in [3.05, 3.63) is 89.7 Å². The van der Waals surface area contributed by atoms with Gasteiger partial charge in [-0.25, -0.2) is 14.5 Å². The van der Waals surface area contributed by atoms with Gasteiger partial charge in [-0.2, -0.15) is 4.99 Å². The van der Waals surface area contributed by atoms with Crippen molar-refractivity contribution in [3.8, 4) is 22.8 Å². The van der Waals surface area contributed by atoms with E-state index in [2.05, 4.69) is 39.0 Å². The van der Waals surface area contributed by atoms with Crippen LogP contribution < -0.4 is 15.0 Å². The normalized spacial score (nSPS) is 16.8. The molecule has 4 aromatic rings. The van der Waals surface area contributed by atoms with Gasteiger partial charge in [-0.15, -0.1) is 18.3 Å². The van der Waals surface area contributed by atoms with Crippen molar-refractivity contribution in [2.24, 2.45) is 4.99 Å². The van der Waals surface area contributed by atoms with Crippen LogP contribution in [0.3, 0.4) is 0 Å². The summed E-state index contributed by atoms with van der Waals surface area (Å²) in [5.74, 6) is 0.390. The number of nitrogens with zero attached hydrogens (tertiary/aromatic N) is 5. The topological polar surface area (TPSA) is 102 Å². The van der Waals surface area contributed by atoms with Gasteiger partial charge in [0.05, 0.1) is 22.7 Å². The Morgan fingerprint density at radius 2 is 1.78 bits per heavy atom. The maximum absolute atomic E-state index is 13.2. The number of benzene rings is 3. The summed E-state index contributed by atoms with van der Waals surface area (Å²) < 4.78 is 42.7. The number of hydrogen-bond acceptors (Lipinski definition) is 6. The van der Waals surface area contributed by atoms with Crippen LogP contribution in [0.1, 0.15) is 49.3 Å². The lowest BCUT2D eigenvalue weighted by molar-refractivity contribution is -0.274. The molecule has 2 fully saturated rings. The Hall–Kier alpha value is -4.65. The average Bonchev–Trinajstić information content (AvgIpc) is 3.42. The number of aliphatic imine (C=N–C) groups is 1. The highest BCUT2D eigenvalue weighted by Gasteiger charge is 2.46. The molecule has 1 saturated heterocycles. The van der Waals surface area contributed by atoms with Gasteiger partial charge in [0.1, 0.15) is 12.1 Å². The maximum Gasteiger partial charge on any atom is 0.573 e. The molecule has 1 aliphatic carbocycles. The van der Waals surface area contributed by atoms with Gasteiger partial charge in [0.25, 0.3) is 0 Å². The molecule has 1 N–H and O–H groups in total. The highest BCUT2D eigenvalue weighted by atomic mass is 32.2. The molecule has 0 atom stereocenters. The Morgan fingerprint density at radius 3 is 2.42 bits per heavy atom. The molecule has 13 heteroatoms. The third kappa shape index (κ3) is 6.58. The van der Waals surface area contributed by atoms with Crippen LogP contribution in [0.5, 0.6) is 5.75 Å². The van der Waals surface area contributed by atoms with Crippen LogP contribution >= 0.6 is 11.8 Å². The minimum Gasteiger partial charge on any atom is -0.406 e. The quantitative estimate of drug-likeness (QED) is 0.233. The van der Waals surface area contributed by atoms with Gasteiger partial charge in [-0.3, -0.25) is 9.69 Å². The predicted molar refractivity (Wildman–Crippen MR) is 166 cm³/mol. The van der Waals surface area contributed by atoms with Gasteiger partial charge in [0.15, 0.2) is 11.0 Å². The van der Waals surface area contributed by atoms with Crippen LogP contribution in [0.15, 0.2) is 78.0 Å². The van der Waals surface area contributed by atoms with Crippen molar-refractivity contribution in [1.82, 2.24) is 20.1 Å². The van der Waals surface area contributed by atoms with Crippen LogP contribution in [0, 0.1) is 6.92 Å². The lowest BCUT2D eigenvalue weighted by Gasteiger charge is -2.22. The van der Waals surface area contributed by atoms with Crippen molar-refractivity contribution >= 4 is 34.6 Å². The van der Waals surface area contributed by atoms with Crippen LogP contribution in [-0.2, 0) is 10.3 Å². The summed E-state index contributed by atoms with van der Waals surface area (Å²) in [6.45, 7) is 6.09. The molecule has 0 bridgehead atoms. The Kier molecular flexibility index (Phi) is 7.89. The second kappa shape index (κ2) is 11.7. The molecule has 1 saturated carbocycles. The first-order chi connectivity index (χ1) is 21.4. The second-order valence-electron chi connectivity index (χ2n) is 11.3. The lowest BCUT2D eigenvalue weighted by Crippen LogP contribution is -2.35. The Labute approximate surface area is 261 Å². The number of alkyl halides is 3. The molecule has 0 radical (unpaired) electrons. The highest BCUT2D eigenvalue weighted by molar-refractivity contribution is 8.15. The van der Waals surface area contributed by atoms with Gasteiger partial charge in [0, 0.05) is 5.56 Å². The molecule has 1 aliphatic heterocycles. The van der Waals surface area contributed by atoms with Gasteiger partial charge >= 0.3 is 12.4 Å². The summed E-state index contributed by atoms with van der Waals surface area (Å²) in [6, 6.07) is 18.3. The first-order valence-electron chi connectivity index (χ1n) is 14.3. The van der Waals surface area contributed by atoms with Crippen LogP contribution in [0.25, 0.3) is 17.1 Å². The summed E-state index contributed by atoms with van der Waals surface area (Å²) in [5, 5.41) is 7.87. The van der Waals surface area contributed by atoms with Crippen LogP contribution in [-0.4, -0.2) is 44.0 Å². The smallest absolute Gasteiger partial charge is 0.406 e. The number of halogens is 3. The van der Waals surface area contributed by atoms with Gasteiger partial charge in [-0.1, -0.05) is 62.0 Å². The van der Waals surface area contributed by atoms with Gasteiger partial charge in [-0.05, 0) is 72.7 Å². The fraction of sp³-hybridized carbons (Fsp3) is 0.281. The third-order valence-corrected chi connectivity index (χ3v) is 8.55. The largest absolute Gasteiger partial charge is 0.573 e. The number of ether oxygens (including phenoxy) is 1. The van der Waals surface area contributed by atoms with E-state index in [1.165, 1.54) is 47.0 Å². The number of carbonyl (C=O) groups is 2.